The summed E-state index contributed by atoms with van der Waals surface area (Å²) in [6, 6.07) is 3.82. The first-order chi connectivity index (χ1) is 10.8. The molecule has 0 aliphatic carbocycles. The highest BCUT2D eigenvalue weighted by Gasteiger charge is 2.19. The highest BCUT2D eigenvalue weighted by molar-refractivity contribution is 6.33. The van der Waals surface area contributed by atoms with Crippen LogP contribution in [0.15, 0.2) is 18.2 Å². The predicted octanol–water partition coefficient (Wildman–Crippen LogP) is 2.62. The fraction of sp³-hybridized carbons (Fsp3) is 0.267. The van der Waals surface area contributed by atoms with Gasteiger partial charge in [0.1, 0.15) is 11.4 Å². The van der Waals surface area contributed by atoms with Crippen LogP contribution in [-0.2, 0) is 16.6 Å². The van der Waals surface area contributed by atoms with Gasteiger partial charge in [-0.2, -0.15) is 5.10 Å². The Bertz CT molecular complexity index is 753. The summed E-state index contributed by atoms with van der Waals surface area (Å²) in [6.45, 7) is 2.98. The molecule has 0 spiro atoms. The second-order valence-corrected chi connectivity index (χ2v) is 5.30. The van der Waals surface area contributed by atoms with Crippen molar-refractivity contribution in [2.75, 3.05) is 11.9 Å². The van der Waals surface area contributed by atoms with Crippen LogP contribution in [-0.4, -0.2) is 28.3 Å². The number of amides is 1. The van der Waals surface area contributed by atoms with Crippen LogP contribution in [0.4, 0.5) is 10.1 Å². The Kier molecular flexibility index (Phi) is 5.00. The Morgan fingerprint density at radius 1 is 1.39 bits per heavy atom. The van der Waals surface area contributed by atoms with Gasteiger partial charge in [0, 0.05) is 7.05 Å². The van der Waals surface area contributed by atoms with Crippen molar-refractivity contribution in [3.63, 3.8) is 0 Å². The molecule has 0 atom stereocenters. The lowest BCUT2D eigenvalue weighted by Gasteiger charge is -2.08. The maximum Gasteiger partial charge on any atom is 0.343 e. The van der Waals surface area contributed by atoms with E-state index in [0.29, 0.717) is 11.4 Å². The molecule has 0 bridgehead atoms. The van der Waals surface area contributed by atoms with Gasteiger partial charge in [0.15, 0.2) is 6.61 Å². The zero-order valence-electron chi connectivity index (χ0n) is 12.8. The molecule has 0 aliphatic rings. The van der Waals surface area contributed by atoms with Crippen LogP contribution >= 0.6 is 11.6 Å². The van der Waals surface area contributed by atoms with Crippen LogP contribution in [0.5, 0.6) is 0 Å². The highest BCUT2D eigenvalue weighted by Crippen LogP contribution is 2.20. The number of anilines is 1. The molecule has 1 heterocycles. The van der Waals surface area contributed by atoms with Crippen molar-refractivity contribution in [3.05, 3.63) is 46.0 Å². The lowest BCUT2D eigenvalue weighted by Crippen LogP contribution is -2.22. The number of halogens is 2. The lowest BCUT2D eigenvalue weighted by molar-refractivity contribution is -0.119. The van der Waals surface area contributed by atoms with Crippen molar-refractivity contribution in [2.45, 2.75) is 13.8 Å². The molecule has 0 unspecified atom stereocenters. The van der Waals surface area contributed by atoms with Crippen molar-refractivity contribution >= 4 is 29.2 Å². The maximum atomic E-state index is 13.6. The molecule has 0 aliphatic heterocycles. The third-order valence-corrected chi connectivity index (χ3v) is 3.59. The minimum atomic E-state index is -0.997. The van der Waals surface area contributed by atoms with Crippen molar-refractivity contribution in [3.8, 4) is 0 Å². The number of aryl methyl sites for hydroxylation is 2. The molecular weight excluding hydrogens is 325 g/mol. The SMILES string of the molecule is Cc1nn(C)c(C)c1NC(=O)COC(=O)c1c(F)cccc1Cl. The van der Waals surface area contributed by atoms with E-state index in [0.717, 1.165) is 11.8 Å². The van der Waals surface area contributed by atoms with Gasteiger partial charge in [0.05, 0.1) is 22.1 Å². The molecule has 0 fully saturated rings. The topological polar surface area (TPSA) is 73.2 Å². The van der Waals surface area contributed by atoms with E-state index >= 15 is 0 Å². The molecule has 0 saturated carbocycles. The Labute approximate surface area is 137 Å². The van der Waals surface area contributed by atoms with Gasteiger partial charge in [0.25, 0.3) is 5.91 Å². The molecule has 2 aromatic rings. The van der Waals surface area contributed by atoms with E-state index in [2.05, 4.69) is 10.4 Å². The number of ether oxygens (including phenoxy) is 1. The summed E-state index contributed by atoms with van der Waals surface area (Å²) in [4.78, 5) is 23.7. The maximum absolute atomic E-state index is 13.6. The van der Waals surface area contributed by atoms with Crippen LogP contribution < -0.4 is 5.32 Å². The summed E-state index contributed by atoms with van der Waals surface area (Å²) in [7, 11) is 1.75. The van der Waals surface area contributed by atoms with Crippen molar-refractivity contribution in [1.82, 2.24) is 9.78 Å². The number of nitrogens with one attached hydrogen (secondary N) is 1. The Hall–Kier alpha value is -2.41. The molecule has 6 nitrogen and oxygen atoms in total. The van der Waals surface area contributed by atoms with Gasteiger partial charge in [-0.25, -0.2) is 9.18 Å². The summed E-state index contributed by atoms with van der Waals surface area (Å²) in [5, 5.41) is 6.69. The lowest BCUT2D eigenvalue weighted by atomic mass is 10.2. The minimum absolute atomic E-state index is 0.0747. The van der Waals surface area contributed by atoms with Crippen LogP contribution in [0.1, 0.15) is 21.7 Å². The first-order valence-electron chi connectivity index (χ1n) is 6.72. The number of hydrogen-bond acceptors (Lipinski definition) is 4. The smallest absolute Gasteiger partial charge is 0.343 e. The van der Waals surface area contributed by atoms with E-state index in [-0.39, 0.29) is 5.02 Å². The van der Waals surface area contributed by atoms with Gasteiger partial charge in [-0.05, 0) is 26.0 Å². The summed E-state index contributed by atoms with van der Waals surface area (Å²) in [6.07, 6.45) is 0. The van der Waals surface area contributed by atoms with E-state index in [1.807, 2.05) is 0 Å². The number of esters is 1. The standard InChI is InChI=1S/C15H15ClFN3O3/c1-8-14(9(2)20(3)19-8)18-12(21)7-23-15(22)13-10(16)5-4-6-11(13)17/h4-6H,7H2,1-3H3,(H,18,21). The van der Waals surface area contributed by atoms with E-state index in [1.165, 1.54) is 12.1 Å². The third-order valence-electron chi connectivity index (χ3n) is 3.27. The fourth-order valence-electron chi connectivity index (χ4n) is 2.03. The molecule has 122 valence electrons. The Balaban J connectivity index is 2.01. The van der Waals surface area contributed by atoms with Crippen LogP contribution in [0.3, 0.4) is 0 Å². The van der Waals surface area contributed by atoms with E-state index in [4.69, 9.17) is 16.3 Å². The number of carbonyl (C=O) groups excluding carboxylic acids is 2. The molecule has 0 saturated heterocycles. The quantitative estimate of drug-likeness (QED) is 0.869. The molecule has 0 radical (unpaired) electrons. The summed E-state index contributed by atoms with van der Waals surface area (Å²) >= 11 is 5.76. The van der Waals surface area contributed by atoms with E-state index < -0.39 is 29.9 Å². The molecular formula is C15H15ClFN3O3. The zero-order valence-corrected chi connectivity index (χ0v) is 13.6. The number of aromatic nitrogens is 2. The van der Waals surface area contributed by atoms with Crippen molar-refractivity contribution < 1.29 is 18.7 Å². The van der Waals surface area contributed by atoms with Gasteiger partial charge in [0.2, 0.25) is 0 Å². The second kappa shape index (κ2) is 6.78. The first-order valence-corrected chi connectivity index (χ1v) is 7.10. The fourth-order valence-corrected chi connectivity index (χ4v) is 2.27. The zero-order chi connectivity index (χ0) is 17.1. The normalized spacial score (nSPS) is 10.5. The molecule has 1 aromatic heterocycles. The largest absolute Gasteiger partial charge is 0.452 e. The van der Waals surface area contributed by atoms with Crippen molar-refractivity contribution in [1.29, 1.82) is 0 Å². The molecule has 2 rings (SSSR count). The Morgan fingerprint density at radius 3 is 2.65 bits per heavy atom. The van der Waals surface area contributed by atoms with Crippen LogP contribution in [0.25, 0.3) is 0 Å². The van der Waals surface area contributed by atoms with E-state index in [1.54, 1.807) is 25.6 Å². The van der Waals surface area contributed by atoms with Gasteiger partial charge in [-0.1, -0.05) is 17.7 Å². The number of rotatable bonds is 4. The monoisotopic (exact) mass is 339 g/mol. The number of nitrogens with zero attached hydrogens (tertiary/aromatic N) is 2. The summed E-state index contributed by atoms with van der Waals surface area (Å²) in [5.74, 6) is -2.35. The average molecular weight is 340 g/mol. The predicted molar refractivity (Wildman–Crippen MR) is 83.0 cm³/mol. The number of benzene rings is 1. The third kappa shape index (κ3) is 3.68. The molecule has 23 heavy (non-hydrogen) atoms. The Morgan fingerprint density at radius 2 is 2.09 bits per heavy atom. The van der Waals surface area contributed by atoms with Crippen LogP contribution in [0.2, 0.25) is 5.02 Å². The minimum Gasteiger partial charge on any atom is -0.452 e. The molecule has 1 N–H and O–H groups in total. The second-order valence-electron chi connectivity index (χ2n) is 4.89. The van der Waals surface area contributed by atoms with E-state index in [9.17, 15) is 14.0 Å². The van der Waals surface area contributed by atoms with Crippen LogP contribution in [0, 0.1) is 19.7 Å². The summed E-state index contributed by atoms with van der Waals surface area (Å²) in [5.41, 5.74) is 1.56. The number of hydrogen-bond donors (Lipinski definition) is 1. The first kappa shape index (κ1) is 17.0. The molecule has 1 amide bonds. The van der Waals surface area contributed by atoms with Gasteiger partial charge in [-0.15, -0.1) is 0 Å². The van der Waals surface area contributed by atoms with Crippen molar-refractivity contribution in [2.24, 2.45) is 7.05 Å². The average Bonchev–Trinajstić information content (AvgIpc) is 2.71. The molecule has 1 aromatic carbocycles. The van der Waals surface area contributed by atoms with Gasteiger partial charge in [-0.3, -0.25) is 9.48 Å². The summed E-state index contributed by atoms with van der Waals surface area (Å²) < 4.78 is 20.0. The van der Waals surface area contributed by atoms with Gasteiger partial charge >= 0.3 is 5.97 Å². The van der Waals surface area contributed by atoms with Gasteiger partial charge < -0.3 is 10.1 Å². The number of carbonyl (C=O) groups is 2. The molecule has 8 heteroatoms. The highest BCUT2D eigenvalue weighted by atomic mass is 35.5.